The average molecular weight is 464 g/mol. The van der Waals surface area contributed by atoms with E-state index in [0.29, 0.717) is 39.6 Å². The molecular weight excluding hydrogens is 428 g/mol. The molecule has 0 aliphatic heterocycles. The molecule has 13 heteroatoms. The Labute approximate surface area is 182 Å². The van der Waals surface area contributed by atoms with Gasteiger partial charge in [-0.2, -0.15) is 0 Å². The summed E-state index contributed by atoms with van der Waals surface area (Å²) >= 11 is 0. The topological polar surface area (TPSA) is 83.1 Å². The summed E-state index contributed by atoms with van der Waals surface area (Å²) in [7, 11) is -0.941. The van der Waals surface area contributed by atoms with Crippen molar-refractivity contribution in [3.05, 3.63) is 0 Å². The van der Waals surface area contributed by atoms with Crippen LogP contribution in [0.3, 0.4) is 0 Å². The van der Waals surface area contributed by atoms with Crippen LogP contribution < -0.4 is 0 Å². The van der Waals surface area contributed by atoms with Crippen LogP contribution in [0.5, 0.6) is 0 Å². The molecule has 0 N–H and O–H groups in total. The first-order valence-corrected chi connectivity index (χ1v) is 10.3. The van der Waals surface area contributed by atoms with E-state index in [1.54, 1.807) is 0 Å². The molecule has 31 heavy (non-hydrogen) atoms. The molecule has 0 unspecified atom stereocenters. The Morgan fingerprint density at radius 1 is 0.323 bits per heavy atom. The van der Waals surface area contributed by atoms with Gasteiger partial charge in [-0.3, -0.25) is 0 Å². The second-order valence-corrected chi connectivity index (χ2v) is 5.64. The number of rotatable bonds is 27. The zero-order chi connectivity index (χ0) is 22.7. The first-order chi connectivity index (χ1) is 15.3. The predicted octanol–water partition coefficient (Wildman–Crippen LogP) is 1.03. The van der Waals surface area contributed by atoms with Crippen LogP contribution in [-0.2, 0) is 42.4 Å². The first-order valence-electron chi connectivity index (χ1n) is 10.3. The molecule has 0 spiro atoms. The van der Waals surface area contributed by atoms with Crippen molar-refractivity contribution in [2.45, 2.75) is 0 Å². The SMILES string of the molecule is FCCOCCOCCOB(OCCOCCOCCF)OCCOCCOCCF. The molecule has 0 rings (SSSR count). The Morgan fingerprint density at radius 2 is 0.548 bits per heavy atom. The lowest BCUT2D eigenvalue weighted by molar-refractivity contribution is -0.00398. The van der Waals surface area contributed by atoms with E-state index in [2.05, 4.69) is 0 Å². The van der Waals surface area contributed by atoms with Gasteiger partial charge in [0.15, 0.2) is 0 Å². The molecule has 0 aliphatic rings. The molecule has 0 bridgehead atoms. The van der Waals surface area contributed by atoms with Gasteiger partial charge in [0.2, 0.25) is 0 Å². The fourth-order valence-electron chi connectivity index (χ4n) is 1.88. The van der Waals surface area contributed by atoms with Gasteiger partial charge in [0.05, 0.1) is 99.1 Å². The van der Waals surface area contributed by atoms with E-state index in [-0.39, 0.29) is 59.5 Å². The van der Waals surface area contributed by atoms with Crippen LogP contribution in [0, 0.1) is 0 Å². The smallest absolute Gasteiger partial charge is 0.383 e. The van der Waals surface area contributed by atoms with E-state index in [0.717, 1.165) is 0 Å². The molecule has 0 amide bonds. The first kappa shape index (κ1) is 30.5. The number of halogens is 3. The molecule has 0 aromatic rings. The van der Waals surface area contributed by atoms with E-state index in [9.17, 15) is 13.2 Å². The summed E-state index contributed by atoms with van der Waals surface area (Å²) in [6, 6.07) is 0. The van der Waals surface area contributed by atoms with Crippen molar-refractivity contribution in [1.82, 2.24) is 0 Å². The van der Waals surface area contributed by atoms with Crippen LogP contribution in [-0.4, -0.2) is 126 Å². The Balaban J connectivity index is 3.82. The van der Waals surface area contributed by atoms with Gasteiger partial charge in [-0.1, -0.05) is 0 Å². The third kappa shape index (κ3) is 25.6. The zero-order valence-electron chi connectivity index (χ0n) is 18.1. The highest BCUT2D eigenvalue weighted by molar-refractivity contribution is 6.36. The van der Waals surface area contributed by atoms with Gasteiger partial charge in [-0.25, -0.2) is 13.2 Å². The molecule has 9 nitrogen and oxygen atoms in total. The minimum atomic E-state index is -0.941. The molecule has 0 fully saturated rings. The molecular formula is C18H36BF3O9. The Hall–Kier alpha value is -0.505. The van der Waals surface area contributed by atoms with Crippen LogP contribution in [0.15, 0.2) is 0 Å². The molecule has 0 saturated heterocycles. The fraction of sp³-hybridized carbons (Fsp3) is 1.00. The van der Waals surface area contributed by atoms with Gasteiger partial charge in [-0.15, -0.1) is 0 Å². The van der Waals surface area contributed by atoms with Crippen LogP contribution in [0.4, 0.5) is 13.2 Å². The lowest BCUT2D eigenvalue weighted by Gasteiger charge is -2.15. The molecule has 0 aliphatic carbocycles. The summed E-state index contributed by atoms with van der Waals surface area (Å²) in [5, 5.41) is 0. The zero-order valence-corrected chi connectivity index (χ0v) is 18.1. The molecule has 0 aromatic carbocycles. The second-order valence-electron chi connectivity index (χ2n) is 5.64. The third-order valence-electron chi connectivity index (χ3n) is 3.23. The summed E-state index contributed by atoms with van der Waals surface area (Å²) < 4.78 is 82.8. The highest BCUT2D eigenvalue weighted by atomic mass is 19.1. The van der Waals surface area contributed by atoms with Crippen LogP contribution in [0.25, 0.3) is 0 Å². The van der Waals surface area contributed by atoms with E-state index in [1.165, 1.54) is 0 Å². The van der Waals surface area contributed by atoms with Gasteiger partial charge in [0, 0.05) is 0 Å². The number of alkyl halides is 3. The predicted molar refractivity (Wildman–Crippen MR) is 106 cm³/mol. The molecule has 186 valence electrons. The quantitative estimate of drug-likeness (QED) is 0.131. The van der Waals surface area contributed by atoms with Crippen LogP contribution >= 0.6 is 0 Å². The summed E-state index contributed by atoms with van der Waals surface area (Å²) in [5.41, 5.74) is 0. The number of ether oxygens (including phenoxy) is 6. The van der Waals surface area contributed by atoms with Crippen molar-refractivity contribution in [3.63, 3.8) is 0 Å². The van der Waals surface area contributed by atoms with Crippen molar-refractivity contribution in [1.29, 1.82) is 0 Å². The molecule has 0 saturated carbocycles. The average Bonchev–Trinajstić information content (AvgIpc) is 2.78. The van der Waals surface area contributed by atoms with Crippen molar-refractivity contribution >= 4 is 7.32 Å². The minimum Gasteiger partial charge on any atom is -0.383 e. The summed E-state index contributed by atoms with van der Waals surface area (Å²) in [6.07, 6.45) is 0. The monoisotopic (exact) mass is 464 g/mol. The van der Waals surface area contributed by atoms with E-state index >= 15 is 0 Å². The largest absolute Gasteiger partial charge is 0.639 e. The normalized spacial score (nSPS) is 11.3. The fourth-order valence-corrected chi connectivity index (χ4v) is 1.88. The van der Waals surface area contributed by atoms with Crippen LogP contribution in [0.2, 0.25) is 0 Å². The maximum atomic E-state index is 11.9. The Kier molecular flexibility index (Phi) is 27.1. The Morgan fingerprint density at radius 3 is 0.806 bits per heavy atom. The molecule has 0 atom stereocenters. The second kappa shape index (κ2) is 27.5. The van der Waals surface area contributed by atoms with Crippen molar-refractivity contribution in [3.8, 4) is 0 Å². The van der Waals surface area contributed by atoms with Crippen molar-refractivity contribution in [2.75, 3.05) is 119 Å². The standard InChI is InChI=1S/C18H36BF3O9/c20-1-4-23-7-10-26-13-16-29-19(30-17-14-27-11-8-24-5-2-21)31-18-15-28-12-9-25-6-3-22/h1-18H2. The summed E-state index contributed by atoms with van der Waals surface area (Å²) in [4.78, 5) is 0. The molecule has 0 aromatic heterocycles. The molecule has 0 heterocycles. The van der Waals surface area contributed by atoms with Crippen molar-refractivity contribution < 1.29 is 55.6 Å². The van der Waals surface area contributed by atoms with Gasteiger partial charge in [0.25, 0.3) is 0 Å². The van der Waals surface area contributed by atoms with E-state index in [1.807, 2.05) is 0 Å². The van der Waals surface area contributed by atoms with E-state index < -0.39 is 27.3 Å². The number of hydrogen-bond donors (Lipinski definition) is 0. The Bertz CT molecular complexity index is 292. The minimum absolute atomic E-state index is 0.0533. The van der Waals surface area contributed by atoms with Gasteiger partial charge in [0.1, 0.15) is 20.0 Å². The maximum absolute atomic E-state index is 11.9. The summed E-state index contributed by atoms with van der Waals surface area (Å²) in [6.45, 7) is 1.96. The summed E-state index contributed by atoms with van der Waals surface area (Å²) in [5.74, 6) is 0. The van der Waals surface area contributed by atoms with Crippen LogP contribution in [0.1, 0.15) is 0 Å². The third-order valence-corrected chi connectivity index (χ3v) is 3.23. The maximum Gasteiger partial charge on any atom is 0.639 e. The van der Waals surface area contributed by atoms with Gasteiger partial charge >= 0.3 is 7.32 Å². The lowest BCUT2D eigenvalue weighted by atomic mass is 10.2. The van der Waals surface area contributed by atoms with Gasteiger partial charge in [-0.05, 0) is 0 Å². The number of hydrogen-bond acceptors (Lipinski definition) is 9. The highest BCUT2D eigenvalue weighted by Crippen LogP contribution is 1.95. The lowest BCUT2D eigenvalue weighted by Crippen LogP contribution is -2.32. The van der Waals surface area contributed by atoms with E-state index in [4.69, 9.17) is 42.4 Å². The van der Waals surface area contributed by atoms with Gasteiger partial charge < -0.3 is 42.4 Å². The molecule has 0 radical (unpaired) electrons. The van der Waals surface area contributed by atoms with Crippen molar-refractivity contribution in [2.24, 2.45) is 0 Å². The highest BCUT2D eigenvalue weighted by Gasteiger charge is 2.21.